The van der Waals surface area contributed by atoms with E-state index in [-0.39, 0.29) is 69.1 Å². The minimum atomic E-state index is -1.37. The van der Waals surface area contributed by atoms with Crippen LogP contribution in [0.5, 0.6) is 0 Å². The van der Waals surface area contributed by atoms with E-state index in [4.69, 9.17) is 0 Å². The maximum atomic E-state index is 13.6. The van der Waals surface area contributed by atoms with Gasteiger partial charge in [0.2, 0.25) is 17.8 Å². The zero-order valence-corrected chi connectivity index (χ0v) is 28.2. The van der Waals surface area contributed by atoms with Crippen LogP contribution in [0.4, 0.5) is 5.95 Å². The second kappa shape index (κ2) is 13.0. The van der Waals surface area contributed by atoms with Crippen molar-refractivity contribution < 1.29 is 75.7 Å². The number of carbonyl (C=O) groups is 4. The number of anilines is 1. The van der Waals surface area contributed by atoms with Crippen LogP contribution in [-0.2, 0) is 20.9 Å². The molecule has 16 heteroatoms. The molecular formula is C27H29KN8O6S. The SMILES string of the molecule is CCNc1ncc2nc(C(=O)NC(C(=O)N[C@@H]3C(=O)N4[C@@H]3SC(C)(C)[C@@H]4C(=O)[O-])c3ccccc3)c(=O)n(CC)c2n1.[K+]. The number of carboxylic acid groups (broad SMARTS) is 1. The van der Waals surface area contributed by atoms with Crippen LogP contribution < -0.4 is 78.0 Å². The van der Waals surface area contributed by atoms with Crippen LogP contribution in [0.3, 0.4) is 0 Å². The van der Waals surface area contributed by atoms with Crippen molar-refractivity contribution in [3.8, 4) is 0 Å². The number of aliphatic carboxylic acids is 1. The molecule has 5 rings (SSSR count). The first-order chi connectivity index (χ1) is 20.0. The molecule has 2 aliphatic heterocycles. The fourth-order valence-corrected chi connectivity index (χ4v) is 6.85. The average molecular weight is 633 g/mol. The Kier molecular flexibility index (Phi) is 9.97. The van der Waals surface area contributed by atoms with Gasteiger partial charge in [-0.05, 0) is 33.3 Å². The summed E-state index contributed by atoms with van der Waals surface area (Å²) in [6, 6.07) is 4.88. The molecule has 0 saturated carbocycles. The third-order valence-corrected chi connectivity index (χ3v) is 8.76. The van der Waals surface area contributed by atoms with E-state index in [9.17, 15) is 29.1 Å². The minimum Gasteiger partial charge on any atom is -0.548 e. The molecule has 1 aromatic carbocycles. The maximum Gasteiger partial charge on any atom is 1.00 e. The summed E-state index contributed by atoms with van der Waals surface area (Å²) in [6.45, 7) is 7.76. The molecule has 0 aliphatic carbocycles. The molecule has 3 aromatic rings. The Morgan fingerprint density at radius 1 is 1.12 bits per heavy atom. The number of carbonyl (C=O) groups excluding carboxylic acids is 4. The normalized spacial score (nSPS) is 20.8. The molecule has 3 N–H and O–H groups in total. The fourth-order valence-electron chi connectivity index (χ4n) is 5.23. The summed E-state index contributed by atoms with van der Waals surface area (Å²) in [5.74, 6) is -3.23. The topological polar surface area (TPSA) is 191 Å². The number of aryl methyl sites for hydroxylation is 1. The molecular weight excluding hydrogens is 604 g/mol. The monoisotopic (exact) mass is 632 g/mol. The number of nitrogens with zero attached hydrogens (tertiary/aromatic N) is 5. The molecule has 3 amide bonds. The summed E-state index contributed by atoms with van der Waals surface area (Å²) < 4.78 is 0.468. The summed E-state index contributed by atoms with van der Waals surface area (Å²) in [7, 11) is 0. The van der Waals surface area contributed by atoms with Gasteiger partial charge in [0.1, 0.15) is 23.0 Å². The Morgan fingerprint density at radius 2 is 1.81 bits per heavy atom. The van der Waals surface area contributed by atoms with Gasteiger partial charge in [0.25, 0.3) is 11.5 Å². The van der Waals surface area contributed by atoms with Crippen molar-refractivity contribution in [1.29, 1.82) is 0 Å². The smallest absolute Gasteiger partial charge is 0.548 e. The quantitative estimate of drug-likeness (QED) is 0.156. The van der Waals surface area contributed by atoms with Crippen LogP contribution >= 0.6 is 11.8 Å². The Hall–Kier alpha value is -2.89. The van der Waals surface area contributed by atoms with Crippen molar-refractivity contribution in [3.05, 3.63) is 58.1 Å². The zero-order valence-electron chi connectivity index (χ0n) is 24.3. The number of thioether (sulfide) groups is 1. The molecule has 2 saturated heterocycles. The minimum absolute atomic E-state index is 0. The molecule has 43 heavy (non-hydrogen) atoms. The molecule has 2 aliphatic rings. The first-order valence-corrected chi connectivity index (χ1v) is 14.2. The zero-order chi connectivity index (χ0) is 30.3. The number of benzene rings is 1. The summed E-state index contributed by atoms with van der Waals surface area (Å²) in [5, 5.41) is 19.3. The van der Waals surface area contributed by atoms with Gasteiger partial charge in [0, 0.05) is 17.8 Å². The van der Waals surface area contributed by atoms with Crippen LogP contribution in [-0.4, -0.2) is 76.9 Å². The number of hydrogen-bond donors (Lipinski definition) is 3. The van der Waals surface area contributed by atoms with Gasteiger partial charge in [-0.3, -0.25) is 23.7 Å². The standard InChI is InChI=1S/C27H30N8O6S.K/c1-5-28-26-29-12-14-19(33-26)34(6-2)22(38)16(30-14)21(37)31-15(13-10-8-7-9-11-13)20(36)32-17-23(39)35-18(25(40)41)27(3,4)42-24(17)35;/h7-12,15,17-18,24H,5-6H2,1-4H3,(H,31,37)(H,32,36)(H,40,41)(H,28,29,33);/q;+1/p-1/t15?,17-,18+,24-;/m1./s1. The van der Waals surface area contributed by atoms with Crippen molar-refractivity contribution >= 4 is 52.6 Å². The van der Waals surface area contributed by atoms with Crippen LogP contribution in [0.25, 0.3) is 11.2 Å². The van der Waals surface area contributed by atoms with Crippen molar-refractivity contribution in [2.45, 2.75) is 62.5 Å². The summed E-state index contributed by atoms with van der Waals surface area (Å²) in [6.07, 6.45) is 1.40. The van der Waals surface area contributed by atoms with E-state index in [1.54, 1.807) is 51.1 Å². The van der Waals surface area contributed by atoms with Gasteiger partial charge in [-0.2, -0.15) is 4.98 Å². The Balaban J connectivity index is 0.00000423. The Morgan fingerprint density at radius 3 is 2.44 bits per heavy atom. The van der Waals surface area contributed by atoms with Crippen LogP contribution in [0.1, 0.15) is 49.8 Å². The van der Waals surface area contributed by atoms with Crippen molar-refractivity contribution in [2.24, 2.45) is 0 Å². The number of carboxylic acids is 1. The maximum absolute atomic E-state index is 13.6. The third-order valence-electron chi connectivity index (χ3n) is 7.18. The molecule has 1 unspecified atom stereocenters. The molecule has 4 heterocycles. The van der Waals surface area contributed by atoms with E-state index in [1.165, 1.54) is 27.4 Å². The predicted molar refractivity (Wildman–Crippen MR) is 151 cm³/mol. The number of aromatic nitrogens is 4. The molecule has 2 aromatic heterocycles. The van der Waals surface area contributed by atoms with Crippen LogP contribution in [0, 0.1) is 0 Å². The van der Waals surface area contributed by atoms with Gasteiger partial charge in [-0.25, -0.2) is 9.97 Å². The molecule has 0 bridgehead atoms. The van der Waals surface area contributed by atoms with Gasteiger partial charge in [0.15, 0.2) is 11.3 Å². The largest absolute Gasteiger partial charge is 1.00 e. The average Bonchev–Trinajstić information content (AvgIpc) is 3.22. The Labute approximate surface area is 293 Å². The molecule has 4 atom stereocenters. The number of rotatable bonds is 9. The molecule has 2 fully saturated rings. The third kappa shape index (κ3) is 6.08. The first-order valence-electron chi connectivity index (χ1n) is 13.4. The van der Waals surface area contributed by atoms with Gasteiger partial charge in [-0.15, -0.1) is 11.8 Å². The Bertz CT molecular complexity index is 1650. The van der Waals surface area contributed by atoms with E-state index in [1.807, 2.05) is 6.92 Å². The molecule has 14 nitrogen and oxygen atoms in total. The molecule has 220 valence electrons. The van der Waals surface area contributed by atoms with Gasteiger partial charge < -0.3 is 30.8 Å². The van der Waals surface area contributed by atoms with Gasteiger partial charge in [-0.1, -0.05) is 30.3 Å². The second-order valence-electron chi connectivity index (χ2n) is 10.3. The van der Waals surface area contributed by atoms with E-state index < -0.39 is 63.2 Å². The summed E-state index contributed by atoms with van der Waals surface area (Å²) >= 11 is 1.25. The summed E-state index contributed by atoms with van der Waals surface area (Å²) in [4.78, 5) is 79.0. The molecule has 0 radical (unpaired) electrons. The van der Waals surface area contributed by atoms with Crippen molar-refractivity contribution in [1.82, 2.24) is 35.1 Å². The van der Waals surface area contributed by atoms with Gasteiger partial charge >= 0.3 is 51.4 Å². The number of fused-ring (bicyclic) bond motifs is 2. The fraction of sp³-hybridized carbons (Fsp3) is 0.407. The first kappa shape index (κ1) is 33.0. The van der Waals surface area contributed by atoms with Crippen LogP contribution in [0.15, 0.2) is 41.3 Å². The van der Waals surface area contributed by atoms with Crippen molar-refractivity contribution in [2.75, 3.05) is 11.9 Å². The predicted octanol–water partition coefficient (Wildman–Crippen LogP) is -3.59. The van der Waals surface area contributed by atoms with E-state index in [2.05, 4.69) is 30.9 Å². The van der Waals surface area contributed by atoms with Crippen molar-refractivity contribution in [3.63, 3.8) is 0 Å². The van der Waals surface area contributed by atoms with E-state index in [0.29, 0.717) is 18.1 Å². The number of hydrogen-bond acceptors (Lipinski definition) is 11. The summed E-state index contributed by atoms with van der Waals surface area (Å²) in [5.41, 5.74) is -0.281. The van der Waals surface area contributed by atoms with Gasteiger partial charge in [0.05, 0.1) is 18.2 Å². The van der Waals surface area contributed by atoms with E-state index in [0.717, 1.165) is 0 Å². The second-order valence-corrected chi connectivity index (χ2v) is 12.1. The number of amides is 3. The number of nitrogens with one attached hydrogen (secondary N) is 3. The number of β-lactam (4-membered cyclic amide) rings is 1. The van der Waals surface area contributed by atoms with E-state index >= 15 is 0 Å². The molecule has 0 spiro atoms. The van der Waals surface area contributed by atoms with Crippen LogP contribution in [0.2, 0.25) is 0 Å².